The van der Waals surface area contributed by atoms with E-state index in [9.17, 15) is 9.59 Å². The molecule has 2 aromatic carbocycles. The van der Waals surface area contributed by atoms with Crippen molar-refractivity contribution in [3.8, 4) is 0 Å². The van der Waals surface area contributed by atoms with Crippen LogP contribution in [0.4, 0.5) is 4.79 Å². The smallest absolute Gasteiger partial charge is 0.321 e. The van der Waals surface area contributed by atoms with Crippen molar-refractivity contribution in [2.45, 2.75) is 19.5 Å². The van der Waals surface area contributed by atoms with E-state index in [1.165, 1.54) is 0 Å². The van der Waals surface area contributed by atoms with Crippen LogP contribution in [0.1, 0.15) is 24.1 Å². The second-order valence-electron chi connectivity index (χ2n) is 5.41. The number of hydrogen-bond donors (Lipinski definition) is 3. The summed E-state index contributed by atoms with van der Waals surface area (Å²) >= 11 is 12.1. The number of halogens is 2. The van der Waals surface area contributed by atoms with Gasteiger partial charge in [0.15, 0.2) is 6.04 Å². The second kappa shape index (κ2) is 9.42. The molecule has 0 fully saturated rings. The molecule has 0 unspecified atom stereocenters. The topological polar surface area (TPSA) is 74.8 Å². The number of urea groups is 1. The zero-order valence-corrected chi connectivity index (χ0v) is 15.3. The van der Waals surface area contributed by atoms with Gasteiger partial charge in [-0.1, -0.05) is 59.6 Å². The Bertz CT molecular complexity index is 738. The van der Waals surface area contributed by atoms with E-state index >= 15 is 0 Å². The van der Waals surface area contributed by atoms with Gasteiger partial charge in [0, 0.05) is 22.7 Å². The van der Waals surface area contributed by atoms with Gasteiger partial charge in [-0.05, 0) is 19.1 Å². The van der Waals surface area contributed by atoms with Crippen LogP contribution in [0.5, 0.6) is 0 Å². The summed E-state index contributed by atoms with van der Waals surface area (Å²) in [5, 5.41) is 7.85. The third-order valence-electron chi connectivity index (χ3n) is 3.60. The number of benzene rings is 2. The number of carbonyl (C=O) groups excluding carboxylic acids is 2. The molecule has 0 aliphatic rings. The molecule has 0 saturated carbocycles. The number of imide groups is 1. The molecule has 2 rings (SSSR count). The van der Waals surface area contributed by atoms with Gasteiger partial charge in [0.2, 0.25) is 0 Å². The quantitative estimate of drug-likeness (QED) is 0.720. The second-order valence-corrected chi connectivity index (χ2v) is 6.26. The highest BCUT2D eigenvalue weighted by molar-refractivity contribution is 6.35. The fourth-order valence-corrected chi connectivity index (χ4v) is 2.87. The van der Waals surface area contributed by atoms with E-state index in [-0.39, 0.29) is 5.91 Å². The largest absolute Gasteiger partial charge is 0.338 e. The van der Waals surface area contributed by atoms with Crippen molar-refractivity contribution in [3.05, 3.63) is 69.7 Å². The van der Waals surface area contributed by atoms with Gasteiger partial charge in [-0.25, -0.2) is 4.79 Å². The molecule has 2 aromatic rings. The van der Waals surface area contributed by atoms with Crippen LogP contribution in [0, 0.1) is 0 Å². The van der Waals surface area contributed by atoms with Crippen LogP contribution in [-0.2, 0) is 11.3 Å². The predicted molar refractivity (Wildman–Crippen MR) is 98.5 cm³/mol. The first-order chi connectivity index (χ1) is 12.0. The molecule has 0 aliphatic heterocycles. The summed E-state index contributed by atoms with van der Waals surface area (Å²) in [5.41, 5.74) is 1.66. The van der Waals surface area contributed by atoms with E-state index in [0.29, 0.717) is 23.1 Å². The summed E-state index contributed by atoms with van der Waals surface area (Å²) in [6.07, 6.45) is 0. The van der Waals surface area contributed by atoms with Crippen molar-refractivity contribution in [1.29, 1.82) is 0 Å². The highest BCUT2D eigenvalue weighted by Crippen LogP contribution is 2.20. The molecule has 0 saturated heterocycles. The first-order valence-corrected chi connectivity index (χ1v) is 8.67. The Morgan fingerprint density at radius 3 is 2.48 bits per heavy atom. The number of quaternary nitrogens is 1. The molecule has 0 aromatic heterocycles. The lowest BCUT2D eigenvalue weighted by Gasteiger charge is -2.16. The molecular weight excluding hydrogens is 361 g/mol. The van der Waals surface area contributed by atoms with Crippen LogP contribution in [0.25, 0.3) is 0 Å². The SMILES string of the molecule is CCNC(=O)NC(=O)[C@H]([NH2+]Cc1ccc(Cl)cc1Cl)c1ccccc1. The van der Waals surface area contributed by atoms with Crippen LogP contribution in [0.3, 0.4) is 0 Å². The minimum Gasteiger partial charge on any atom is -0.338 e. The van der Waals surface area contributed by atoms with E-state index in [4.69, 9.17) is 23.2 Å². The molecular formula is C18H20Cl2N3O2+. The summed E-state index contributed by atoms with van der Waals surface area (Å²) in [4.78, 5) is 24.2. The summed E-state index contributed by atoms with van der Waals surface area (Å²) in [6, 6.07) is 13.4. The van der Waals surface area contributed by atoms with Crippen molar-refractivity contribution >= 4 is 35.1 Å². The number of nitrogens with one attached hydrogen (secondary N) is 2. The van der Waals surface area contributed by atoms with Gasteiger partial charge in [-0.2, -0.15) is 0 Å². The van der Waals surface area contributed by atoms with Crippen LogP contribution in [-0.4, -0.2) is 18.5 Å². The standard InChI is InChI=1S/C18H19Cl2N3O2/c1-2-21-18(25)23-17(24)16(12-6-4-3-5-7-12)22-11-13-8-9-14(19)10-15(13)20/h3-10,16,22H,2,11H2,1H3,(H2,21,23,24,25)/p+1/t16-/m1/s1. The maximum Gasteiger partial charge on any atom is 0.321 e. The van der Waals surface area contributed by atoms with Gasteiger partial charge in [-0.15, -0.1) is 0 Å². The zero-order valence-electron chi connectivity index (χ0n) is 13.8. The number of amides is 3. The molecule has 5 nitrogen and oxygen atoms in total. The van der Waals surface area contributed by atoms with Crippen molar-refractivity contribution in [1.82, 2.24) is 10.6 Å². The molecule has 4 N–H and O–H groups in total. The first-order valence-electron chi connectivity index (χ1n) is 7.92. The number of rotatable bonds is 6. The molecule has 3 amide bonds. The van der Waals surface area contributed by atoms with Gasteiger partial charge in [0.25, 0.3) is 5.91 Å². The minimum absolute atomic E-state index is 0.387. The number of hydrogen-bond acceptors (Lipinski definition) is 2. The van der Waals surface area contributed by atoms with Crippen molar-refractivity contribution in [3.63, 3.8) is 0 Å². The Balaban J connectivity index is 2.14. The van der Waals surface area contributed by atoms with E-state index in [1.807, 2.05) is 41.7 Å². The highest BCUT2D eigenvalue weighted by Gasteiger charge is 2.25. The van der Waals surface area contributed by atoms with Gasteiger partial charge in [0.05, 0.1) is 5.02 Å². The molecule has 1 atom stereocenters. The maximum atomic E-state index is 12.5. The fraction of sp³-hybridized carbons (Fsp3) is 0.222. The van der Waals surface area contributed by atoms with E-state index < -0.39 is 12.1 Å². The molecule has 132 valence electrons. The Morgan fingerprint density at radius 2 is 1.84 bits per heavy atom. The van der Waals surface area contributed by atoms with Gasteiger partial charge >= 0.3 is 6.03 Å². The molecule has 0 heterocycles. The van der Waals surface area contributed by atoms with Crippen molar-refractivity contribution < 1.29 is 14.9 Å². The lowest BCUT2D eigenvalue weighted by Crippen LogP contribution is -2.86. The lowest BCUT2D eigenvalue weighted by atomic mass is 10.1. The monoisotopic (exact) mass is 380 g/mol. The fourth-order valence-electron chi connectivity index (χ4n) is 2.38. The Hall–Kier alpha value is -2.08. The summed E-state index contributed by atoms with van der Waals surface area (Å²) < 4.78 is 0. The lowest BCUT2D eigenvalue weighted by molar-refractivity contribution is -0.698. The van der Waals surface area contributed by atoms with E-state index in [2.05, 4.69) is 10.6 Å². The number of nitrogens with two attached hydrogens (primary N) is 1. The molecule has 0 spiro atoms. The normalized spacial score (nSPS) is 11.6. The number of carbonyl (C=O) groups is 2. The zero-order chi connectivity index (χ0) is 18.2. The Labute approximate surface area is 156 Å². The molecule has 0 bridgehead atoms. The summed E-state index contributed by atoms with van der Waals surface area (Å²) in [6.45, 7) is 2.70. The van der Waals surface area contributed by atoms with Crippen molar-refractivity contribution in [2.24, 2.45) is 0 Å². The van der Waals surface area contributed by atoms with Gasteiger partial charge in [0.1, 0.15) is 6.54 Å². The first kappa shape index (κ1) is 19.2. The van der Waals surface area contributed by atoms with Gasteiger partial charge in [-0.3, -0.25) is 10.1 Å². The van der Waals surface area contributed by atoms with E-state index in [0.717, 1.165) is 11.1 Å². The average Bonchev–Trinajstić information content (AvgIpc) is 2.58. The molecule has 0 aliphatic carbocycles. The van der Waals surface area contributed by atoms with Crippen LogP contribution in [0.2, 0.25) is 10.0 Å². The molecule has 7 heteroatoms. The minimum atomic E-state index is -0.574. The van der Waals surface area contributed by atoms with Crippen LogP contribution < -0.4 is 16.0 Å². The molecule has 0 radical (unpaired) electrons. The van der Waals surface area contributed by atoms with Crippen LogP contribution in [0.15, 0.2) is 48.5 Å². The van der Waals surface area contributed by atoms with Crippen LogP contribution >= 0.6 is 23.2 Å². The van der Waals surface area contributed by atoms with Crippen molar-refractivity contribution in [2.75, 3.05) is 6.54 Å². The Kier molecular flexibility index (Phi) is 7.25. The van der Waals surface area contributed by atoms with Gasteiger partial charge < -0.3 is 10.6 Å². The molecule has 25 heavy (non-hydrogen) atoms. The third-order valence-corrected chi connectivity index (χ3v) is 4.19. The highest BCUT2D eigenvalue weighted by atomic mass is 35.5. The maximum absolute atomic E-state index is 12.5. The average molecular weight is 381 g/mol. The summed E-state index contributed by atoms with van der Waals surface area (Å²) in [5.74, 6) is -0.387. The predicted octanol–water partition coefficient (Wildman–Crippen LogP) is 2.64. The third kappa shape index (κ3) is 5.74. The van der Waals surface area contributed by atoms with E-state index in [1.54, 1.807) is 19.1 Å². The summed E-state index contributed by atoms with van der Waals surface area (Å²) in [7, 11) is 0. The Morgan fingerprint density at radius 1 is 1.12 bits per heavy atom.